The van der Waals surface area contributed by atoms with Gasteiger partial charge in [-0.05, 0) is 48.9 Å². The first-order chi connectivity index (χ1) is 15.1. The van der Waals surface area contributed by atoms with Gasteiger partial charge < -0.3 is 19.3 Å². The largest absolute Gasteiger partial charge is 0.497 e. The highest BCUT2D eigenvalue weighted by molar-refractivity contribution is 5.95. The number of ether oxygens (including phenoxy) is 2. The van der Waals surface area contributed by atoms with Gasteiger partial charge in [0.25, 0.3) is 5.91 Å². The minimum atomic E-state index is 0.0873. The van der Waals surface area contributed by atoms with Crippen LogP contribution in [0.25, 0.3) is 11.3 Å². The van der Waals surface area contributed by atoms with Crippen molar-refractivity contribution in [3.63, 3.8) is 0 Å². The van der Waals surface area contributed by atoms with Gasteiger partial charge in [-0.25, -0.2) is 0 Å². The van der Waals surface area contributed by atoms with E-state index in [1.165, 1.54) is 0 Å². The van der Waals surface area contributed by atoms with Crippen LogP contribution >= 0.6 is 0 Å². The molecule has 1 saturated heterocycles. The number of aryl methyl sites for hydroxylation is 1. The van der Waals surface area contributed by atoms with Crippen LogP contribution in [0.5, 0.6) is 11.5 Å². The Morgan fingerprint density at radius 1 is 0.903 bits per heavy atom. The zero-order valence-electron chi connectivity index (χ0n) is 18.0. The van der Waals surface area contributed by atoms with Gasteiger partial charge in [-0.3, -0.25) is 4.79 Å². The molecule has 0 atom stereocenters. The number of carbonyl (C=O) groups excluding carboxylic acids is 1. The zero-order chi connectivity index (χ0) is 21.8. The third-order valence-electron chi connectivity index (χ3n) is 5.60. The summed E-state index contributed by atoms with van der Waals surface area (Å²) in [5.74, 6) is 2.33. The lowest BCUT2D eigenvalue weighted by Gasteiger charge is -2.35. The number of nitrogens with zero attached hydrogens (tertiary/aromatic N) is 4. The van der Waals surface area contributed by atoms with Crippen molar-refractivity contribution in [3.05, 3.63) is 65.7 Å². The van der Waals surface area contributed by atoms with E-state index in [9.17, 15) is 4.79 Å². The van der Waals surface area contributed by atoms with Crippen LogP contribution in [0, 0.1) is 6.92 Å². The molecule has 0 saturated carbocycles. The quantitative estimate of drug-likeness (QED) is 0.632. The fraction of sp³-hybridized carbons (Fsp3) is 0.292. The second-order valence-corrected chi connectivity index (χ2v) is 7.44. The fourth-order valence-corrected chi connectivity index (χ4v) is 3.77. The van der Waals surface area contributed by atoms with Crippen molar-refractivity contribution >= 4 is 11.7 Å². The van der Waals surface area contributed by atoms with Crippen LogP contribution in [-0.4, -0.2) is 61.4 Å². The van der Waals surface area contributed by atoms with E-state index in [4.69, 9.17) is 9.47 Å². The number of amides is 1. The Kier molecular flexibility index (Phi) is 6.02. The predicted molar refractivity (Wildman–Crippen MR) is 120 cm³/mol. The Hall–Kier alpha value is -3.61. The lowest BCUT2D eigenvalue weighted by atomic mass is 10.1. The summed E-state index contributed by atoms with van der Waals surface area (Å²) in [6.07, 6.45) is 0. The van der Waals surface area contributed by atoms with Crippen LogP contribution < -0.4 is 14.4 Å². The van der Waals surface area contributed by atoms with Gasteiger partial charge in [0.05, 0.1) is 19.9 Å². The molecule has 2 aromatic carbocycles. The van der Waals surface area contributed by atoms with E-state index in [2.05, 4.69) is 15.1 Å². The summed E-state index contributed by atoms with van der Waals surface area (Å²) in [7, 11) is 3.26. The number of carbonyl (C=O) groups is 1. The number of piperazine rings is 1. The van der Waals surface area contributed by atoms with E-state index in [1.807, 2.05) is 66.4 Å². The zero-order valence-corrected chi connectivity index (χ0v) is 18.0. The van der Waals surface area contributed by atoms with Crippen molar-refractivity contribution in [2.24, 2.45) is 0 Å². The first-order valence-corrected chi connectivity index (χ1v) is 10.3. The second kappa shape index (κ2) is 9.04. The maximum atomic E-state index is 12.8. The first-order valence-electron chi connectivity index (χ1n) is 10.3. The van der Waals surface area contributed by atoms with Crippen LogP contribution in [-0.2, 0) is 0 Å². The van der Waals surface area contributed by atoms with Crippen LogP contribution in [0.3, 0.4) is 0 Å². The van der Waals surface area contributed by atoms with Gasteiger partial charge in [0.15, 0.2) is 5.82 Å². The number of hydrogen-bond donors (Lipinski definition) is 0. The van der Waals surface area contributed by atoms with Gasteiger partial charge in [0.1, 0.15) is 11.5 Å². The van der Waals surface area contributed by atoms with Crippen LogP contribution in [0.1, 0.15) is 15.9 Å². The van der Waals surface area contributed by atoms with Crippen molar-refractivity contribution in [1.29, 1.82) is 0 Å². The second-order valence-electron chi connectivity index (χ2n) is 7.44. The molecule has 1 aromatic heterocycles. The molecule has 2 heterocycles. The predicted octanol–water partition coefficient (Wildman–Crippen LogP) is 3.43. The molecule has 0 bridgehead atoms. The summed E-state index contributed by atoms with van der Waals surface area (Å²) < 4.78 is 10.8. The average molecular weight is 418 g/mol. The summed E-state index contributed by atoms with van der Waals surface area (Å²) in [4.78, 5) is 16.9. The highest BCUT2D eigenvalue weighted by Crippen LogP contribution is 2.32. The van der Waals surface area contributed by atoms with Gasteiger partial charge in [-0.1, -0.05) is 18.2 Å². The molecule has 160 valence electrons. The minimum absolute atomic E-state index is 0.0873. The van der Waals surface area contributed by atoms with Crippen LogP contribution in [0.15, 0.2) is 54.6 Å². The van der Waals surface area contributed by atoms with Gasteiger partial charge in [-0.2, -0.15) is 0 Å². The number of hydrogen-bond acceptors (Lipinski definition) is 6. The van der Waals surface area contributed by atoms with Crippen molar-refractivity contribution in [1.82, 2.24) is 15.1 Å². The molecule has 1 amide bonds. The standard InChI is InChI=1S/C24H26N4O3/c1-17-6-4-5-7-19(17)24(29)28-14-12-27(13-15-28)23-11-9-21(25-26-23)20-16-18(30-2)8-10-22(20)31-3/h4-11,16H,12-15H2,1-3H3. The molecule has 1 aliphatic rings. The molecule has 0 N–H and O–H groups in total. The van der Waals surface area contributed by atoms with Gasteiger partial charge in [0.2, 0.25) is 0 Å². The Bertz CT molecular complexity index is 1060. The SMILES string of the molecule is COc1ccc(OC)c(-c2ccc(N3CCN(C(=O)c4ccccc4C)CC3)nn2)c1. The van der Waals surface area contributed by atoms with Gasteiger partial charge in [0, 0.05) is 37.3 Å². The van der Waals surface area contributed by atoms with Gasteiger partial charge in [-0.15, -0.1) is 10.2 Å². The summed E-state index contributed by atoms with van der Waals surface area (Å²) in [6, 6.07) is 17.2. The number of aromatic nitrogens is 2. The highest BCUT2D eigenvalue weighted by atomic mass is 16.5. The Labute approximate surface area is 182 Å². The summed E-state index contributed by atoms with van der Waals surface area (Å²) in [6.45, 7) is 4.71. The molecular weight excluding hydrogens is 392 g/mol. The maximum Gasteiger partial charge on any atom is 0.254 e. The molecule has 1 fully saturated rings. The Morgan fingerprint density at radius 2 is 1.68 bits per heavy atom. The molecule has 31 heavy (non-hydrogen) atoms. The van der Waals surface area contributed by atoms with Crippen molar-refractivity contribution < 1.29 is 14.3 Å². The van der Waals surface area contributed by atoms with Crippen LogP contribution in [0.4, 0.5) is 5.82 Å². The van der Waals surface area contributed by atoms with Gasteiger partial charge >= 0.3 is 0 Å². The minimum Gasteiger partial charge on any atom is -0.497 e. The smallest absolute Gasteiger partial charge is 0.254 e. The number of benzene rings is 2. The van der Waals surface area contributed by atoms with Crippen LogP contribution in [0.2, 0.25) is 0 Å². The molecule has 4 rings (SSSR count). The third kappa shape index (κ3) is 4.30. The summed E-state index contributed by atoms with van der Waals surface area (Å²) in [5, 5.41) is 8.84. The summed E-state index contributed by atoms with van der Waals surface area (Å²) in [5.41, 5.74) is 3.32. The topological polar surface area (TPSA) is 67.8 Å². The molecule has 1 aliphatic heterocycles. The normalized spacial score (nSPS) is 13.8. The maximum absolute atomic E-state index is 12.8. The Balaban J connectivity index is 1.44. The molecule has 0 spiro atoms. The van der Waals surface area contributed by atoms with E-state index >= 15 is 0 Å². The van der Waals surface area contributed by atoms with E-state index in [-0.39, 0.29) is 5.91 Å². The first kappa shape index (κ1) is 20.7. The molecular formula is C24H26N4O3. The fourth-order valence-electron chi connectivity index (χ4n) is 3.77. The highest BCUT2D eigenvalue weighted by Gasteiger charge is 2.24. The molecule has 0 aliphatic carbocycles. The molecule has 7 heteroatoms. The van der Waals surface area contributed by atoms with E-state index in [1.54, 1.807) is 14.2 Å². The molecule has 7 nitrogen and oxygen atoms in total. The number of anilines is 1. The van der Waals surface area contributed by atoms with E-state index < -0.39 is 0 Å². The lowest BCUT2D eigenvalue weighted by Crippen LogP contribution is -2.49. The van der Waals surface area contributed by atoms with E-state index in [0.717, 1.165) is 28.3 Å². The Morgan fingerprint density at radius 3 is 2.32 bits per heavy atom. The average Bonchev–Trinajstić information content (AvgIpc) is 2.83. The third-order valence-corrected chi connectivity index (χ3v) is 5.60. The lowest BCUT2D eigenvalue weighted by molar-refractivity contribution is 0.0745. The molecule has 0 radical (unpaired) electrons. The monoisotopic (exact) mass is 418 g/mol. The van der Waals surface area contributed by atoms with E-state index in [0.29, 0.717) is 37.6 Å². The number of rotatable bonds is 5. The molecule has 0 unspecified atom stereocenters. The number of methoxy groups -OCH3 is 2. The molecule has 3 aromatic rings. The van der Waals surface area contributed by atoms with Crippen molar-refractivity contribution in [2.45, 2.75) is 6.92 Å². The van der Waals surface area contributed by atoms with Crippen molar-refractivity contribution in [2.75, 3.05) is 45.3 Å². The summed E-state index contributed by atoms with van der Waals surface area (Å²) >= 11 is 0. The van der Waals surface area contributed by atoms with Crippen molar-refractivity contribution in [3.8, 4) is 22.8 Å².